The highest BCUT2D eigenvalue weighted by molar-refractivity contribution is 5.92. The molecule has 0 aliphatic rings. The van der Waals surface area contributed by atoms with Crippen LogP contribution in [0.1, 0.15) is 37.8 Å². The van der Waals surface area contributed by atoms with Gasteiger partial charge >= 0.3 is 0 Å². The Morgan fingerprint density at radius 3 is 2.32 bits per heavy atom. The number of aromatic nitrogens is 1. The lowest BCUT2D eigenvalue weighted by atomic mass is 9.81. The zero-order valence-electron chi connectivity index (χ0n) is 21.5. The molecule has 0 aliphatic carbocycles. The molecule has 0 unspecified atom stereocenters. The molecule has 37 heavy (non-hydrogen) atoms. The summed E-state index contributed by atoms with van der Waals surface area (Å²) in [6, 6.07) is 16.6. The first-order chi connectivity index (χ1) is 17.8. The number of amides is 3. The number of fused-ring (bicyclic) bond motifs is 1. The smallest absolute Gasteiger partial charge is 0.247 e. The van der Waals surface area contributed by atoms with E-state index in [-0.39, 0.29) is 24.7 Å². The van der Waals surface area contributed by atoms with E-state index in [1.807, 2.05) is 86.8 Å². The summed E-state index contributed by atoms with van der Waals surface area (Å²) < 4.78 is 0. The van der Waals surface area contributed by atoms with Crippen LogP contribution in [-0.4, -0.2) is 41.0 Å². The average molecular weight is 505 g/mol. The number of rotatable bonds is 12. The molecular weight excluding hydrogens is 468 g/mol. The van der Waals surface area contributed by atoms with Crippen LogP contribution >= 0.6 is 0 Å². The molecule has 3 atom stereocenters. The fourth-order valence-electron chi connectivity index (χ4n) is 4.60. The van der Waals surface area contributed by atoms with Crippen LogP contribution in [-0.2, 0) is 20.8 Å². The van der Waals surface area contributed by atoms with Crippen molar-refractivity contribution in [2.24, 2.45) is 17.8 Å². The number of carbonyl (C=O) groups excluding carboxylic acids is 3. The van der Waals surface area contributed by atoms with E-state index >= 15 is 0 Å². The Bertz CT molecular complexity index is 1220. The molecule has 0 spiro atoms. The summed E-state index contributed by atoms with van der Waals surface area (Å²) in [6.45, 7) is 3.94. The minimum absolute atomic E-state index is 0.106. The SMILES string of the molecule is CNC(=O)[C@H](Cc1c[nH]c2ccccc12)NC(=O)[C@H](CC(C)C)[C@H](C/C=C/c1ccccc1)C(=O)NO. The van der Waals surface area contributed by atoms with Crippen LogP contribution in [0.4, 0.5) is 0 Å². The number of H-pyrrole nitrogens is 1. The second-order valence-corrected chi connectivity index (χ2v) is 9.61. The highest BCUT2D eigenvalue weighted by atomic mass is 16.5. The van der Waals surface area contributed by atoms with E-state index in [4.69, 9.17) is 0 Å². The zero-order valence-corrected chi connectivity index (χ0v) is 21.5. The summed E-state index contributed by atoms with van der Waals surface area (Å²) >= 11 is 0. The molecule has 3 aromatic rings. The largest absolute Gasteiger partial charge is 0.361 e. The molecule has 3 amide bonds. The molecule has 196 valence electrons. The number of carbonyl (C=O) groups is 3. The van der Waals surface area contributed by atoms with Gasteiger partial charge in [-0.15, -0.1) is 0 Å². The van der Waals surface area contributed by atoms with Crippen LogP contribution in [0, 0.1) is 17.8 Å². The van der Waals surface area contributed by atoms with Gasteiger partial charge in [0.1, 0.15) is 6.04 Å². The van der Waals surface area contributed by atoms with E-state index in [1.54, 1.807) is 5.48 Å². The number of para-hydroxylation sites is 1. The molecule has 0 fully saturated rings. The number of hydrogen-bond donors (Lipinski definition) is 5. The quantitative estimate of drug-likeness (QED) is 0.190. The maximum Gasteiger partial charge on any atom is 0.247 e. The van der Waals surface area contributed by atoms with Crippen LogP contribution in [0.2, 0.25) is 0 Å². The van der Waals surface area contributed by atoms with E-state index < -0.39 is 29.7 Å². The van der Waals surface area contributed by atoms with Crippen molar-refractivity contribution >= 4 is 34.7 Å². The second kappa shape index (κ2) is 13.4. The van der Waals surface area contributed by atoms with Crippen molar-refractivity contribution in [2.45, 2.75) is 39.2 Å². The molecule has 8 heteroatoms. The molecule has 2 aromatic carbocycles. The van der Waals surface area contributed by atoms with E-state index in [0.717, 1.165) is 22.0 Å². The highest BCUT2D eigenvalue weighted by Crippen LogP contribution is 2.26. The van der Waals surface area contributed by atoms with Gasteiger partial charge in [-0.25, -0.2) is 5.48 Å². The van der Waals surface area contributed by atoms with Crippen LogP contribution in [0.25, 0.3) is 17.0 Å². The first-order valence-electron chi connectivity index (χ1n) is 12.6. The number of nitrogens with one attached hydrogen (secondary N) is 4. The van der Waals surface area contributed by atoms with Crippen molar-refractivity contribution in [1.82, 2.24) is 21.1 Å². The molecule has 1 heterocycles. The number of allylic oxidation sites excluding steroid dienone is 1. The topological polar surface area (TPSA) is 123 Å². The lowest BCUT2D eigenvalue weighted by molar-refractivity contribution is -0.141. The van der Waals surface area contributed by atoms with Crippen molar-refractivity contribution in [3.8, 4) is 0 Å². The minimum Gasteiger partial charge on any atom is -0.361 e. The first kappa shape index (κ1) is 27.7. The Kier molecular flexibility index (Phi) is 10.0. The van der Waals surface area contributed by atoms with Gasteiger partial charge in [-0.3, -0.25) is 19.6 Å². The molecule has 5 N–H and O–H groups in total. The van der Waals surface area contributed by atoms with Gasteiger partial charge in [0.15, 0.2) is 0 Å². The maximum absolute atomic E-state index is 13.6. The van der Waals surface area contributed by atoms with E-state index in [9.17, 15) is 19.6 Å². The van der Waals surface area contributed by atoms with Crippen molar-refractivity contribution in [3.63, 3.8) is 0 Å². The third-order valence-corrected chi connectivity index (χ3v) is 6.47. The third-order valence-electron chi connectivity index (χ3n) is 6.47. The molecular formula is C29H36N4O4. The van der Waals surface area contributed by atoms with Crippen molar-refractivity contribution in [2.75, 3.05) is 7.05 Å². The van der Waals surface area contributed by atoms with Gasteiger partial charge in [-0.2, -0.15) is 0 Å². The lowest BCUT2D eigenvalue weighted by Crippen LogP contribution is -2.51. The molecule has 8 nitrogen and oxygen atoms in total. The summed E-state index contributed by atoms with van der Waals surface area (Å²) in [5, 5.41) is 15.9. The first-order valence-corrected chi connectivity index (χ1v) is 12.6. The van der Waals surface area contributed by atoms with E-state index in [1.165, 1.54) is 7.05 Å². The van der Waals surface area contributed by atoms with Gasteiger partial charge in [0.05, 0.1) is 11.8 Å². The fourth-order valence-corrected chi connectivity index (χ4v) is 4.60. The summed E-state index contributed by atoms with van der Waals surface area (Å²) in [4.78, 5) is 42.3. The van der Waals surface area contributed by atoms with Crippen LogP contribution in [0.15, 0.2) is 66.9 Å². The predicted octanol–water partition coefficient (Wildman–Crippen LogP) is 3.83. The van der Waals surface area contributed by atoms with Crippen LogP contribution in [0.3, 0.4) is 0 Å². The molecule has 0 aliphatic heterocycles. The number of hydrogen-bond acceptors (Lipinski definition) is 4. The van der Waals surface area contributed by atoms with Gasteiger partial charge < -0.3 is 15.6 Å². The molecule has 3 rings (SSSR count). The summed E-state index contributed by atoms with van der Waals surface area (Å²) in [5.74, 6) is -2.81. The van der Waals surface area contributed by atoms with Crippen LogP contribution in [0.5, 0.6) is 0 Å². The van der Waals surface area contributed by atoms with Crippen LogP contribution < -0.4 is 16.1 Å². The Hall–Kier alpha value is -3.91. The zero-order chi connectivity index (χ0) is 26.8. The minimum atomic E-state index is -0.830. The fraction of sp³-hybridized carbons (Fsp3) is 0.345. The lowest BCUT2D eigenvalue weighted by Gasteiger charge is -2.27. The number of likely N-dealkylation sites (N-methyl/N-ethyl adjacent to an activating group) is 1. The summed E-state index contributed by atoms with van der Waals surface area (Å²) in [5.41, 5.74) is 4.55. The highest BCUT2D eigenvalue weighted by Gasteiger charge is 2.35. The number of benzene rings is 2. The average Bonchev–Trinajstić information content (AvgIpc) is 3.32. The molecule has 1 aromatic heterocycles. The number of hydroxylamine groups is 1. The van der Waals surface area contributed by atoms with Crippen molar-refractivity contribution < 1.29 is 19.6 Å². The van der Waals surface area contributed by atoms with E-state index in [0.29, 0.717) is 6.42 Å². The van der Waals surface area contributed by atoms with Crippen molar-refractivity contribution in [3.05, 3.63) is 78.0 Å². The monoisotopic (exact) mass is 504 g/mol. The Morgan fingerprint density at radius 2 is 1.65 bits per heavy atom. The standard InChI is InChI=1S/C29H36N4O4/c1-19(2)16-24(23(28(35)33-37)14-9-12-20-10-5-4-6-11-20)27(34)32-26(29(36)30-3)17-21-18-31-25-15-8-7-13-22(21)25/h4-13,15,18-19,23-24,26,31,37H,14,16-17H2,1-3H3,(H,30,36)(H,32,34)(H,33,35)/b12-9+/t23-,24+,26-/m0/s1. The molecule has 0 radical (unpaired) electrons. The predicted molar refractivity (Wildman–Crippen MR) is 144 cm³/mol. The van der Waals surface area contributed by atoms with Gasteiger partial charge in [0.2, 0.25) is 17.7 Å². The molecule has 0 bridgehead atoms. The van der Waals surface area contributed by atoms with Gasteiger partial charge in [-0.05, 0) is 36.0 Å². The Labute approximate surface area is 217 Å². The Morgan fingerprint density at radius 1 is 0.946 bits per heavy atom. The number of aromatic amines is 1. The van der Waals surface area contributed by atoms with Gasteiger partial charge in [0.25, 0.3) is 0 Å². The maximum atomic E-state index is 13.6. The Balaban J connectivity index is 1.83. The van der Waals surface area contributed by atoms with Gasteiger partial charge in [0, 0.05) is 30.6 Å². The molecule has 0 saturated carbocycles. The van der Waals surface area contributed by atoms with Crippen molar-refractivity contribution in [1.29, 1.82) is 0 Å². The molecule has 0 saturated heterocycles. The van der Waals surface area contributed by atoms with E-state index in [2.05, 4.69) is 15.6 Å². The normalized spacial score (nSPS) is 13.9. The van der Waals surface area contributed by atoms with Gasteiger partial charge in [-0.1, -0.05) is 74.5 Å². The summed E-state index contributed by atoms with van der Waals surface area (Å²) in [6.07, 6.45) is 6.50. The second-order valence-electron chi connectivity index (χ2n) is 9.61. The summed E-state index contributed by atoms with van der Waals surface area (Å²) in [7, 11) is 1.53. The third kappa shape index (κ3) is 7.54.